The molecule has 1 fully saturated rings. The van der Waals surface area contributed by atoms with Crippen LogP contribution in [0.25, 0.3) is 0 Å². The van der Waals surface area contributed by atoms with Crippen molar-refractivity contribution in [1.29, 1.82) is 0 Å². The lowest BCUT2D eigenvalue weighted by Gasteiger charge is -2.28. The van der Waals surface area contributed by atoms with Crippen LogP contribution < -0.4 is 4.90 Å². The molecule has 0 radical (unpaired) electrons. The highest BCUT2D eigenvalue weighted by molar-refractivity contribution is 5.71. The predicted molar refractivity (Wildman–Crippen MR) is 260 cm³/mol. The lowest BCUT2D eigenvalue weighted by Crippen LogP contribution is -3.05. The topological polar surface area (TPSA) is 119 Å². The average Bonchev–Trinajstić information content (AvgIpc) is 3.65. The van der Waals surface area contributed by atoms with Gasteiger partial charge < -0.3 is 28.6 Å². The first kappa shape index (κ1) is 59.8. The summed E-state index contributed by atoms with van der Waals surface area (Å²) in [6.07, 6.45) is 36.8. The minimum Gasteiger partial charge on any atom is -0.462 e. The number of hydrogen-bond donors (Lipinski definition) is 1. The summed E-state index contributed by atoms with van der Waals surface area (Å²) in [5.74, 6) is -1.53. The Morgan fingerprint density at radius 2 is 0.797 bits per heavy atom. The SMILES string of the molecule is CCCCCCCCCCCCCC(=O)O[C@H]1COC([C@@H](COC(=O)CCC[NH+](C)C)OC(=O)CCCCCCCCCCCCC)[C@@H]1OC(=O)CCCCCCCCCCCCC. The molecule has 1 rings (SSSR count). The Morgan fingerprint density at radius 3 is 1.19 bits per heavy atom. The molecule has 4 atom stereocenters. The Bertz CT molecular complexity index is 1120. The zero-order valence-corrected chi connectivity index (χ0v) is 42.5. The maximum atomic E-state index is 13.4. The second kappa shape index (κ2) is 43.4. The van der Waals surface area contributed by atoms with E-state index in [0.29, 0.717) is 19.3 Å². The molecule has 10 heteroatoms. The highest BCUT2D eigenvalue weighted by Crippen LogP contribution is 2.28. The number of ether oxygens (including phenoxy) is 5. The highest BCUT2D eigenvalue weighted by Gasteiger charge is 2.48. The molecule has 376 valence electrons. The fraction of sp³-hybridized carbons (Fsp3) is 0.926. The Labute approximate surface area is 393 Å². The Hall–Kier alpha value is -2.20. The summed E-state index contributed by atoms with van der Waals surface area (Å²) >= 11 is 0. The second-order valence-corrected chi connectivity index (χ2v) is 19.4. The van der Waals surface area contributed by atoms with Crippen LogP contribution >= 0.6 is 0 Å². The lowest BCUT2D eigenvalue weighted by molar-refractivity contribution is -0.858. The van der Waals surface area contributed by atoms with Crippen molar-refractivity contribution in [1.82, 2.24) is 0 Å². The number of nitrogens with one attached hydrogen (secondary N) is 1. The van der Waals surface area contributed by atoms with Crippen molar-refractivity contribution in [3.63, 3.8) is 0 Å². The van der Waals surface area contributed by atoms with Crippen molar-refractivity contribution in [3.8, 4) is 0 Å². The van der Waals surface area contributed by atoms with Crippen LogP contribution in [0.3, 0.4) is 0 Å². The molecule has 1 saturated heterocycles. The second-order valence-electron chi connectivity index (χ2n) is 19.4. The van der Waals surface area contributed by atoms with Crippen LogP contribution in [-0.2, 0) is 42.9 Å². The molecule has 0 aromatic heterocycles. The van der Waals surface area contributed by atoms with E-state index in [-0.39, 0.29) is 50.8 Å². The number of carbonyl (C=O) groups excluding carboxylic acids is 4. The van der Waals surface area contributed by atoms with Crippen molar-refractivity contribution in [2.45, 2.75) is 289 Å². The van der Waals surface area contributed by atoms with Gasteiger partial charge in [0.15, 0.2) is 18.3 Å². The summed E-state index contributed by atoms with van der Waals surface area (Å²) in [5.41, 5.74) is 0. The van der Waals surface area contributed by atoms with Gasteiger partial charge in [-0.05, 0) is 19.3 Å². The van der Waals surface area contributed by atoms with Crippen molar-refractivity contribution in [2.75, 3.05) is 33.9 Å². The highest BCUT2D eigenvalue weighted by atomic mass is 16.7. The maximum Gasteiger partial charge on any atom is 0.306 e. The Balaban J connectivity index is 2.86. The molecule has 0 saturated carbocycles. The van der Waals surface area contributed by atoms with E-state index in [1.54, 1.807) is 0 Å². The van der Waals surface area contributed by atoms with Crippen molar-refractivity contribution >= 4 is 23.9 Å². The van der Waals surface area contributed by atoms with Gasteiger partial charge in [-0.2, -0.15) is 0 Å². The minimum absolute atomic E-state index is 0.00271. The zero-order valence-electron chi connectivity index (χ0n) is 42.5. The predicted octanol–water partition coefficient (Wildman–Crippen LogP) is 12.7. The molecule has 0 aliphatic carbocycles. The minimum atomic E-state index is -1.02. The largest absolute Gasteiger partial charge is 0.462 e. The summed E-state index contributed by atoms with van der Waals surface area (Å²) in [7, 11) is 4.07. The van der Waals surface area contributed by atoms with E-state index >= 15 is 0 Å². The lowest BCUT2D eigenvalue weighted by atomic mass is 10.0. The zero-order chi connectivity index (χ0) is 46.7. The first-order valence-corrected chi connectivity index (χ1v) is 27.4. The van der Waals surface area contributed by atoms with Gasteiger partial charge in [0.1, 0.15) is 12.7 Å². The van der Waals surface area contributed by atoms with E-state index in [4.69, 9.17) is 23.7 Å². The molecular formula is C54H102NO9+. The van der Waals surface area contributed by atoms with Gasteiger partial charge >= 0.3 is 23.9 Å². The molecule has 1 aliphatic heterocycles. The van der Waals surface area contributed by atoms with Crippen LogP contribution in [0, 0.1) is 0 Å². The van der Waals surface area contributed by atoms with E-state index in [1.807, 2.05) is 14.1 Å². The van der Waals surface area contributed by atoms with Gasteiger partial charge in [0.2, 0.25) is 0 Å². The van der Waals surface area contributed by atoms with E-state index < -0.39 is 36.4 Å². The number of quaternary nitrogens is 1. The normalized spacial score (nSPS) is 16.6. The third kappa shape index (κ3) is 35.1. The average molecular weight is 909 g/mol. The third-order valence-corrected chi connectivity index (χ3v) is 12.8. The van der Waals surface area contributed by atoms with Gasteiger partial charge in [0, 0.05) is 25.7 Å². The fourth-order valence-corrected chi connectivity index (χ4v) is 8.67. The number of unbranched alkanes of at least 4 members (excludes halogenated alkanes) is 30. The first-order valence-electron chi connectivity index (χ1n) is 27.4. The smallest absolute Gasteiger partial charge is 0.306 e. The van der Waals surface area contributed by atoms with Crippen molar-refractivity contribution < 1.29 is 47.8 Å². The molecule has 0 aromatic carbocycles. The van der Waals surface area contributed by atoms with Gasteiger partial charge in [-0.25, -0.2) is 0 Å². The van der Waals surface area contributed by atoms with Crippen LogP contribution in [0.2, 0.25) is 0 Å². The molecule has 64 heavy (non-hydrogen) atoms. The molecule has 0 spiro atoms. The summed E-state index contributed by atoms with van der Waals surface area (Å²) in [4.78, 5) is 54.1. The molecule has 0 aromatic rings. The van der Waals surface area contributed by atoms with Crippen LogP contribution in [0.1, 0.15) is 265 Å². The van der Waals surface area contributed by atoms with E-state index in [0.717, 1.165) is 57.9 Å². The van der Waals surface area contributed by atoms with E-state index in [2.05, 4.69) is 20.8 Å². The maximum absolute atomic E-state index is 13.4. The molecular weight excluding hydrogens is 807 g/mol. The van der Waals surface area contributed by atoms with Crippen LogP contribution in [0.5, 0.6) is 0 Å². The van der Waals surface area contributed by atoms with Gasteiger partial charge in [0.05, 0.1) is 33.7 Å². The standard InChI is InChI=1S/C54H101NO9/c1-6-9-12-15-18-21-24-27-30-33-36-40-50(57)62-47(45-60-49(56)43-39-44-55(4)5)53-54(64-52(59)42-38-35-32-29-26-23-20-17-14-11-8-3)48(46-61-53)63-51(58)41-37-34-31-28-25-22-19-16-13-10-7-2/h47-48,53-54H,6-46H2,1-5H3/p+1/t47-,48+,53?,54-/m1/s1. The molecule has 0 bridgehead atoms. The van der Waals surface area contributed by atoms with E-state index in [1.165, 1.54) is 153 Å². The quantitative estimate of drug-likeness (QED) is 0.0362. The Kier molecular flexibility index (Phi) is 40.5. The van der Waals surface area contributed by atoms with Gasteiger partial charge in [-0.1, -0.05) is 213 Å². The summed E-state index contributed by atoms with van der Waals surface area (Å²) in [6, 6.07) is 0. The molecule has 1 unspecified atom stereocenters. The van der Waals surface area contributed by atoms with Gasteiger partial charge in [-0.15, -0.1) is 0 Å². The molecule has 0 amide bonds. The molecule has 1 heterocycles. The third-order valence-electron chi connectivity index (χ3n) is 12.8. The fourth-order valence-electron chi connectivity index (χ4n) is 8.67. The summed E-state index contributed by atoms with van der Waals surface area (Å²) < 4.78 is 30.0. The molecule has 1 N–H and O–H groups in total. The first-order chi connectivity index (χ1) is 31.2. The van der Waals surface area contributed by atoms with Gasteiger partial charge in [-0.3, -0.25) is 19.2 Å². The number of carbonyl (C=O) groups is 4. The molecule has 10 nitrogen and oxygen atoms in total. The van der Waals surface area contributed by atoms with Crippen molar-refractivity contribution in [3.05, 3.63) is 0 Å². The number of rotatable bonds is 46. The van der Waals surface area contributed by atoms with Crippen molar-refractivity contribution in [2.24, 2.45) is 0 Å². The van der Waals surface area contributed by atoms with Crippen LogP contribution in [0.4, 0.5) is 0 Å². The molecule has 1 aliphatic rings. The van der Waals surface area contributed by atoms with Crippen LogP contribution in [-0.4, -0.2) is 82.1 Å². The van der Waals surface area contributed by atoms with Crippen LogP contribution in [0.15, 0.2) is 0 Å². The van der Waals surface area contributed by atoms with E-state index in [9.17, 15) is 19.2 Å². The monoisotopic (exact) mass is 909 g/mol. The van der Waals surface area contributed by atoms with Gasteiger partial charge in [0.25, 0.3) is 0 Å². The Morgan fingerprint density at radius 1 is 0.453 bits per heavy atom. The summed E-state index contributed by atoms with van der Waals surface area (Å²) in [5, 5.41) is 0. The summed E-state index contributed by atoms with van der Waals surface area (Å²) in [6.45, 7) is 7.32. The number of esters is 4. The number of hydrogen-bond acceptors (Lipinski definition) is 9.